The predicted octanol–water partition coefficient (Wildman–Crippen LogP) is 2.40. The second-order valence-electron chi connectivity index (χ2n) is 4.75. The van der Waals surface area contributed by atoms with Gasteiger partial charge in [-0.1, -0.05) is 18.2 Å². The van der Waals surface area contributed by atoms with Gasteiger partial charge in [0, 0.05) is 18.0 Å². The van der Waals surface area contributed by atoms with Gasteiger partial charge in [-0.15, -0.1) is 0 Å². The molecule has 3 rings (SSSR count). The summed E-state index contributed by atoms with van der Waals surface area (Å²) in [5, 5.41) is 12.0. The Kier molecular flexibility index (Phi) is 3.09. The van der Waals surface area contributed by atoms with Gasteiger partial charge in [0.05, 0.1) is 5.52 Å². The zero-order chi connectivity index (χ0) is 15.0. The molecule has 0 aliphatic rings. The van der Waals surface area contributed by atoms with E-state index >= 15 is 0 Å². The molecule has 0 spiro atoms. The summed E-state index contributed by atoms with van der Waals surface area (Å²) in [5.74, 6) is 1.05. The summed E-state index contributed by atoms with van der Waals surface area (Å²) in [6.45, 7) is 3.86. The molecule has 2 aromatic heterocycles. The van der Waals surface area contributed by atoms with Crippen molar-refractivity contribution < 1.29 is 4.92 Å². The third kappa shape index (κ3) is 2.33. The van der Waals surface area contributed by atoms with E-state index in [1.54, 1.807) is 6.92 Å². The largest absolute Gasteiger partial charge is 0.358 e. The van der Waals surface area contributed by atoms with E-state index in [0.717, 1.165) is 16.6 Å². The van der Waals surface area contributed by atoms with Crippen molar-refractivity contribution in [1.82, 2.24) is 19.5 Å². The zero-order valence-corrected chi connectivity index (χ0v) is 11.6. The van der Waals surface area contributed by atoms with Gasteiger partial charge in [-0.2, -0.15) is 0 Å². The van der Waals surface area contributed by atoms with Crippen LogP contribution in [0, 0.1) is 24.0 Å². The van der Waals surface area contributed by atoms with Crippen molar-refractivity contribution >= 4 is 16.7 Å². The molecule has 7 nitrogen and oxygen atoms in total. The molecule has 1 aromatic carbocycles. The Labute approximate surface area is 120 Å². The van der Waals surface area contributed by atoms with E-state index in [4.69, 9.17) is 0 Å². The Bertz CT molecular complexity index is 840. The van der Waals surface area contributed by atoms with Crippen LogP contribution in [0.3, 0.4) is 0 Å². The van der Waals surface area contributed by atoms with Crippen LogP contribution in [0.4, 0.5) is 5.82 Å². The van der Waals surface area contributed by atoms with Crippen molar-refractivity contribution in [3.8, 4) is 0 Å². The summed E-state index contributed by atoms with van der Waals surface area (Å²) in [6, 6.07) is 7.70. The molecule has 3 aromatic rings. The molecular weight excluding hydrogens is 270 g/mol. The first-order chi connectivity index (χ1) is 10.1. The number of imidazole rings is 1. The lowest BCUT2D eigenvalue weighted by atomic mass is 10.2. The molecule has 0 saturated heterocycles. The summed E-state index contributed by atoms with van der Waals surface area (Å²) in [7, 11) is 0. The molecule has 2 heterocycles. The van der Waals surface area contributed by atoms with E-state index in [0.29, 0.717) is 11.6 Å². The SMILES string of the molecule is Cc1nc(Cn2c([N+](=O)[O-])cnc2C)nc2ccccc12. The third-order valence-corrected chi connectivity index (χ3v) is 3.36. The van der Waals surface area contributed by atoms with Crippen LogP contribution >= 0.6 is 0 Å². The van der Waals surface area contributed by atoms with Crippen LogP contribution in [-0.2, 0) is 6.54 Å². The minimum atomic E-state index is -0.450. The number of nitrogens with zero attached hydrogens (tertiary/aromatic N) is 5. The average molecular weight is 283 g/mol. The number of rotatable bonds is 3. The first kappa shape index (κ1) is 13.2. The highest BCUT2D eigenvalue weighted by Gasteiger charge is 2.19. The molecule has 7 heteroatoms. The molecule has 0 radical (unpaired) electrons. The summed E-state index contributed by atoms with van der Waals surface area (Å²) >= 11 is 0. The first-order valence-corrected chi connectivity index (χ1v) is 6.45. The molecule has 0 amide bonds. The number of aryl methyl sites for hydroxylation is 2. The monoisotopic (exact) mass is 283 g/mol. The average Bonchev–Trinajstić information content (AvgIpc) is 2.80. The summed E-state index contributed by atoms with van der Waals surface area (Å²) in [4.78, 5) is 23.4. The number of para-hydroxylation sites is 1. The molecule has 21 heavy (non-hydrogen) atoms. The highest BCUT2D eigenvalue weighted by atomic mass is 16.6. The quantitative estimate of drug-likeness (QED) is 0.544. The van der Waals surface area contributed by atoms with Crippen LogP contribution in [0.2, 0.25) is 0 Å². The molecule has 0 atom stereocenters. The Morgan fingerprint density at radius 2 is 2.00 bits per heavy atom. The maximum Gasteiger partial charge on any atom is 0.343 e. The van der Waals surface area contributed by atoms with Gasteiger partial charge < -0.3 is 10.1 Å². The minimum absolute atomic E-state index is 0.0538. The number of fused-ring (bicyclic) bond motifs is 1. The van der Waals surface area contributed by atoms with Crippen molar-refractivity contribution in [2.24, 2.45) is 0 Å². The molecule has 0 aliphatic heterocycles. The molecule has 106 valence electrons. The molecule has 0 saturated carbocycles. The Hall–Kier alpha value is -2.83. The van der Waals surface area contributed by atoms with E-state index < -0.39 is 4.92 Å². The fourth-order valence-corrected chi connectivity index (χ4v) is 2.30. The van der Waals surface area contributed by atoms with Crippen molar-refractivity contribution in [2.75, 3.05) is 0 Å². The van der Waals surface area contributed by atoms with Gasteiger partial charge in [0.25, 0.3) is 0 Å². The fourth-order valence-electron chi connectivity index (χ4n) is 2.30. The predicted molar refractivity (Wildman–Crippen MR) is 77.0 cm³/mol. The normalized spacial score (nSPS) is 11.0. The van der Waals surface area contributed by atoms with E-state index in [9.17, 15) is 10.1 Å². The molecular formula is C14H13N5O2. The lowest BCUT2D eigenvalue weighted by molar-refractivity contribution is -0.392. The van der Waals surface area contributed by atoms with E-state index in [2.05, 4.69) is 15.0 Å². The maximum atomic E-state index is 11.0. The topological polar surface area (TPSA) is 86.7 Å². The number of hydrogen-bond donors (Lipinski definition) is 0. The standard InChI is InChI=1S/C14H13N5O2/c1-9-11-5-3-4-6-12(11)17-13(16-9)8-18-10(2)15-7-14(18)19(20)21/h3-7H,8H2,1-2H3. The van der Waals surface area contributed by atoms with E-state index in [-0.39, 0.29) is 12.4 Å². The van der Waals surface area contributed by atoms with Crippen LogP contribution in [-0.4, -0.2) is 24.4 Å². The van der Waals surface area contributed by atoms with Gasteiger partial charge in [0.2, 0.25) is 0 Å². The van der Waals surface area contributed by atoms with Crippen LogP contribution < -0.4 is 0 Å². The van der Waals surface area contributed by atoms with Crippen LogP contribution in [0.25, 0.3) is 10.9 Å². The fraction of sp³-hybridized carbons (Fsp3) is 0.214. The summed E-state index contributed by atoms with van der Waals surface area (Å²) < 4.78 is 1.50. The van der Waals surface area contributed by atoms with E-state index in [1.165, 1.54) is 10.8 Å². The number of nitro groups is 1. The summed E-state index contributed by atoms with van der Waals surface area (Å²) in [5.41, 5.74) is 1.69. The lowest BCUT2D eigenvalue weighted by Crippen LogP contribution is -2.09. The zero-order valence-electron chi connectivity index (χ0n) is 11.6. The molecule has 0 unspecified atom stereocenters. The third-order valence-electron chi connectivity index (χ3n) is 3.36. The van der Waals surface area contributed by atoms with Crippen LogP contribution in [0.15, 0.2) is 30.5 Å². The van der Waals surface area contributed by atoms with Gasteiger partial charge in [0.15, 0.2) is 18.2 Å². The van der Waals surface area contributed by atoms with Gasteiger partial charge in [0.1, 0.15) is 6.20 Å². The number of hydrogen-bond acceptors (Lipinski definition) is 5. The Morgan fingerprint density at radius 3 is 2.76 bits per heavy atom. The smallest absolute Gasteiger partial charge is 0.343 e. The van der Waals surface area contributed by atoms with Crippen molar-refractivity contribution in [2.45, 2.75) is 20.4 Å². The lowest BCUT2D eigenvalue weighted by Gasteiger charge is -2.06. The summed E-state index contributed by atoms with van der Waals surface area (Å²) in [6.07, 6.45) is 1.25. The molecule has 0 fully saturated rings. The van der Waals surface area contributed by atoms with Crippen molar-refractivity contribution in [3.63, 3.8) is 0 Å². The maximum absolute atomic E-state index is 11.0. The van der Waals surface area contributed by atoms with E-state index in [1.807, 2.05) is 31.2 Å². The Balaban J connectivity index is 2.06. The second kappa shape index (κ2) is 4.93. The highest BCUT2D eigenvalue weighted by molar-refractivity contribution is 5.80. The molecule has 0 aliphatic carbocycles. The van der Waals surface area contributed by atoms with Gasteiger partial charge in [-0.3, -0.25) is 0 Å². The molecule has 0 bridgehead atoms. The number of benzene rings is 1. The van der Waals surface area contributed by atoms with Crippen molar-refractivity contribution in [3.05, 3.63) is 57.9 Å². The van der Waals surface area contributed by atoms with Gasteiger partial charge in [-0.25, -0.2) is 19.5 Å². The molecule has 0 N–H and O–H groups in total. The van der Waals surface area contributed by atoms with Crippen LogP contribution in [0.1, 0.15) is 17.3 Å². The minimum Gasteiger partial charge on any atom is -0.358 e. The second-order valence-corrected chi connectivity index (χ2v) is 4.75. The highest BCUT2D eigenvalue weighted by Crippen LogP contribution is 2.18. The van der Waals surface area contributed by atoms with Gasteiger partial charge in [-0.05, 0) is 17.9 Å². The van der Waals surface area contributed by atoms with Crippen LogP contribution in [0.5, 0.6) is 0 Å². The van der Waals surface area contributed by atoms with Gasteiger partial charge >= 0.3 is 5.82 Å². The Morgan fingerprint density at radius 1 is 1.24 bits per heavy atom. The first-order valence-electron chi connectivity index (χ1n) is 6.45. The van der Waals surface area contributed by atoms with Crippen molar-refractivity contribution in [1.29, 1.82) is 0 Å². The number of aromatic nitrogens is 4.